The van der Waals surface area contributed by atoms with E-state index in [2.05, 4.69) is 16.4 Å². The first-order chi connectivity index (χ1) is 11.2. The number of aryl methyl sites for hydroxylation is 1. The standard InChI is InChI=1S/C18H13N3OS/c1-12-16(21-18(23-12)14-7-3-2-4-8-14)17(22)20-15-9-5-6-13(10-15)11-19/h2-10H,1H3,(H,20,22). The van der Waals surface area contributed by atoms with Crippen molar-refractivity contribution in [2.75, 3.05) is 5.32 Å². The Morgan fingerprint density at radius 3 is 2.70 bits per heavy atom. The molecular weight excluding hydrogens is 306 g/mol. The third-order valence-electron chi connectivity index (χ3n) is 3.28. The lowest BCUT2D eigenvalue weighted by Gasteiger charge is -2.04. The van der Waals surface area contributed by atoms with Gasteiger partial charge in [-0.15, -0.1) is 11.3 Å². The summed E-state index contributed by atoms with van der Waals surface area (Å²) < 4.78 is 0. The number of aromatic nitrogens is 1. The molecule has 0 aliphatic carbocycles. The van der Waals surface area contributed by atoms with Gasteiger partial charge in [0.1, 0.15) is 10.7 Å². The van der Waals surface area contributed by atoms with Gasteiger partial charge in [-0.25, -0.2) is 4.98 Å². The third kappa shape index (κ3) is 3.28. The van der Waals surface area contributed by atoms with Crippen molar-refractivity contribution in [3.63, 3.8) is 0 Å². The second-order valence-corrected chi connectivity index (χ2v) is 6.14. The summed E-state index contributed by atoms with van der Waals surface area (Å²) in [4.78, 5) is 17.7. The zero-order chi connectivity index (χ0) is 16.2. The highest BCUT2D eigenvalue weighted by Gasteiger charge is 2.16. The minimum absolute atomic E-state index is 0.268. The molecule has 1 heterocycles. The van der Waals surface area contributed by atoms with Crippen molar-refractivity contribution >= 4 is 22.9 Å². The van der Waals surface area contributed by atoms with Gasteiger partial charge in [-0.05, 0) is 25.1 Å². The average molecular weight is 319 g/mol. The summed E-state index contributed by atoms with van der Waals surface area (Å²) in [6.07, 6.45) is 0. The quantitative estimate of drug-likeness (QED) is 0.785. The van der Waals surface area contributed by atoms with E-state index in [1.807, 2.05) is 37.3 Å². The fourth-order valence-corrected chi connectivity index (χ4v) is 3.08. The maximum absolute atomic E-state index is 12.4. The number of nitrogens with one attached hydrogen (secondary N) is 1. The van der Waals surface area contributed by atoms with Crippen LogP contribution in [0, 0.1) is 18.3 Å². The van der Waals surface area contributed by atoms with E-state index in [1.165, 1.54) is 11.3 Å². The van der Waals surface area contributed by atoms with E-state index in [1.54, 1.807) is 24.3 Å². The summed E-state index contributed by atoms with van der Waals surface area (Å²) in [6.45, 7) is 1.88. The van der Waals surface area contributed by atoms with Gasteiger partial charge in [0.15, 0.2) is 0 Å². The number of amides is 1. The minimum Gasteiger partial charge on any atom is -0.321 e. The molecule has 0 aliphatic heterocycles. The van der Waals surface area contributed by atoms with Crippen LogP contribution >= 0.6 is 11.3 Å². The second-order valence-electron chi connectivity index (χ2n) is 4.94. The van der Waals surface area contributed by atoms with Crippen molar-refractivity contribution in [3.05, 3.63) is 70.7 Å². The van der Waals surface area contributed by atoms with Gasteiger partial charge in [0.25, 0.3) is 5.91 Å². The van der Waals surface area contributed by atoms with Crippen LogP contribution in [0.3, 0.4) is 0 Å². The van der Waals surface area contributed by atoms with Crippen molar-refractivity contribution in [2.45, 2.75) is 6.92 Å². The van der Waals surface area contributed by atoms with Gasteiger partial charge in [-0.1, -0.05) is 36.4 Å². The molecule has 0 saturated heterocycles. The molecule has 112 valence electrons. The van der Waals surface area contributed by atoms with Gasteiger partial charge in [-0.3, -0.25) is 4.79 Å². The predicted molar refractivity (Wildman–Crippen MR) is 91.4 cm³/mol. The molecule has 1 N–H and O–H groups in total. The van der Waals surface area contributed by atoms with Gasteiger partial charge in [-0.2, -0.15) is 5.26 Å². The lowest BCUT2D eigenvalue weighted by atomic mass is 10.2. The highest BCUT2D eigenvalue weighted by molar-refractivity contribution is 7.15. The largest absolute Gasteiger partial charge is 0.321 e. The molecule has 2 aromatic carbocycles. The first-order valence-electron chi connectivity index (χ1n) is 7.02. The molecule has 1 amide bonds. The zero-order valence-corrected chi connectivity index (χ0v) is 13.2. The smallest absolute Gasteiger partial charge is 0.275 e. The van der Waals surface area contributed by atoms with Crippen LogP contribution in [0.5, 0.6) is 0 Å². The minimum atomic E-state index is -0.268. The van der Waals surface area contributed by atoms with Crippen LogP contribution in [-0.4, -0.2) is 10.9 Å². The van der Waals surface area contributed by atoms with E-state index in [0.29, 0.717) is 16.9 Å². The van der Waals surface area contributed by atoms with Crippen molar-refractivity contribution in [2.24, 2.45) is 0 Å². The van der Waals surface area contributed by atoms with Gasteiger partial charge >= 0.3 is 0 Å². The molecule has 4 nitrogen and oxygen atoms in total. The highest BCUT2D eigenvalue weighted by atomic mass is 32.1. The number of nitriles is 1. The van der Waals surface area contributed by atoms with Crippen LogP contribution < -0.4 is 5.32 Å². The molecule has 0 aliphatic rings. The van der Waals surface area contributed by atoms with Crippen LogP contribution in [0.15, 0.2) is 54.6 Å². The Hall–Kier alpha value is -2.97. The molecule has 0 fully saturated rings. The van der Waals surface area contributed by atoms with Crippen LogP contribution in [-0.2, 0) is 0 Å². The van der Waals surface area contributed by atoms with Gasteiger partial charge in [0.05, 0.1) is 11.6 Å². The van der Waals surface area contributed by atoms with Gasteiger partial charge in [0.2, 0.25) is 0 Å². The summed E-state index contributed by atoms with van der Waals surface area (Å²) in [6, 6.07) is 18.6. The number of anilines is 1. The van der Waals surface area contributed by atoms with E-state index >= 15 is 0 Å². The number of carbonyl (C=O) groups is 1. The normalized spacial score (nSPS) is 10.1. The van der Waals surface area contributed by atoms with Crippen LogP contribution in [0.2, 0.25) is 0 Å². The van der Waals surface area contributed by atoms with E-state index in [-0.39, 0.29) is 5.91 Å². The molecular formula is C18H13N3OS. The summed E-state index contributed by atoms with van der Waals surface area (Å²) >= 11 is 1.49. The number of thiazole rings is 1. The van der Waals surface area contributed by atoms with Crippen molar-refractivity contribution in [1.29, 1.82) is 5.26 Å². The molecule has 0 unspecified atom stereocenters. The average Bonchev–Trinajstić information content (AvgIpc) is 2.98. The molecule has 0 radical (unpaired) electrons. The zero-order valence-electron chi connectivity index (χ0n) is 12.4. The first-order valence-corrected chi connectivity index (χ1v) is 7.83. The Balaban J connectivity index is 1.85. The van der Waals surface area contributed by atoms with Crippen LogP contribution in [0.25, 0.3) is 10.6 Å². The Bertz CT molecular complexity index is 894. The molecule has 3 aromatic rings. The molecule has 0 bridgehead atoms. The molecule has 0 saturated carbocycles. The number of benzene rings is 2. The second kappa shape index (κ2) is 6.42. The van der Waals surface area contributed by atoms with Gasteiger partial charge < -0.3 is 5.32 Å². The lowest BCUT2D eigenvalue weighted by molar-refractivity contribution is 0.102. The fraction of sp³-hybridized carbons (Fsp3) is 0.0556. The summed E-state index contributed by atoms with van der Waals surface area (Å²) in [5, 5.41) is 12.5. The molecule has 3 rings (SSSR count). The highest BCUT2D eigenvalue weighted by Crippen LogP contribution is 2.27. The number of rotatable bonds is 3. The molecule has 1 aromatic heterocycles. The SMILES string of the molecule is Cc1sc(-c2ccccc2)nc1C(=O)Nc1cccc(C#N)c1. The van der Waals surface area contributed by atoms with Crippen molar-refractivity contribution in [1.82, 2.24) is 4.98 Å². The van der Waals surface area contributed by atoms with E-state index < -0.39 is 0 Å². The molecule has 5 heteroatoms. The third-order valence-corrected chi connectivity index (χ3v) is 4.30. The van der Waals surface area contributed by atoms with Gasteiger partial charge in [0, 0.05) is 16.1 Å². The number of carbonyl (C=O) groups excluding carboxylic acids is 1. The van der Waals surface area contributed by atoms with Crippen LogP contribution in [0.1, 0.15) is 20.9 Å². The van der Waals surface area contributed by atoms with Crippen molar-refractivity contribution in [3.8, 4) is 16.6 Å². The molecule has 0 atom stereocenters. The van der Waals surface area contributed by atoms with E-state index in [9.17, 15) is 4.79 Å². The Morgan fingerprint density at radius 2 is 1.96 bits per heavy atom. The van der Waals surface area contributed by atoms with Crippen LogP contribution in [0.4, 0.5) is 5.69 Å². The number of hydrogen-bond acceptors (Lipinski definition) is 4. The fourth-order valence-electron chi connectivity index (χ4n) is 2.17. The molecule has 23 heavy (non-hydrogen) atoms. The van der Waals surface area contributed by atoms with E-state index in [0.717, 1.165) is 15.4 Å². The summed E-state index contributed by atoms with van der Waals surface area (Å²) in [5.41, 5.74) is 2.49. The topological polar surface area (TPSA) is 65.8 Å². The Labute approximate surface area is 138 Å². The van der Waals surface area contributed by atoms with E-state index in [4.69, 9.17) is 5.26 Å². The monoisotopic (exact) mass is 319 g/mol. The van der Waals surface area contributed by atoms with Crippen molar-refractivity contribution < 1.29 is 4.79 Å². The summed E-state index contributed by atoms with van der Waals surface area (Å²) in [7, 11) is 0. The maximum atomic E-state index is 12.4. The molecule has 0 spiro atoms. The number of hydrogen-bond donors (Lipinski definition) is 1. The predicted octanol–water partition coefficient (Wildman–Crippen LogP) is 4.24. The Kier molecular flexibility index (Phi) is 4.18. The lowest BCUT2D eigenvalue weighted by Crippen LogP contribution is -2.13. The maximum Gasteiger partial charge on any atom is 0.275 e. The summed E-state index contributed by atoms with van der Waals surface area (Å²) in [5.74, 6) is -0.268. The Morgan fingerprint density at radius 1 is 1.17 bits per heavy atom. The number of nitrogens with zero attached hydrogens (tertiary/aromatic N) is 2. The first kappa shape index (κ1) is 14.9.